The molecule has 2 atom stereocenters. The molecule has 0 aliphatic carbocycles. The van der Waals surface area contributed by atoms with Gasteiger partial charge in [-0.1, -0.05) is 24.3 Å². The quantitative estimate of drug-likeness (QED) is 0.686. The van der Waals surface area contributed by atoms with Crippen molar-refractivity contribution < 1.29 is 19.4 Å². The summed E-state index contributed by atoms with van der Waals surface area (Å²) in [5.74, 6) is -2.01. The highest BCUT2D eigenvalue weighted by Gasteiger charge is 2.28. The fourth-order valence-corrected chi connectivity index (χ4v) is 3.23. The van der Waals surface area contributed by atoms with E-state index in [4.69, 9.17) is 10.8 Å². The van der Waals surface area contributed by atoms with Crippen LogP contribution in [0.5, 0.6) is 0 Å². The Kier molecular flexibility index (Phi) is 5.08. The highest BCUT2D eigenvalue weighted by Crippen LogP contribution is 2.49. The van der Waals surface area contributed by atoms with Gasteiger partial charge in [0.15, 0.2) is 0 Å². The van der Waals surface area contributed by atoms with Gasteiger partial charge in [0.05, 0.1) is 11.9 Å². The van der Waals surface area contributed by atoms with E-state index in [-0.39, 0.29) is 19.0 Å². The number of hydrogen-bond donors (Lipinski definition) is 3. The molecule has 4 N–H and O–H groups in total. The minimum absolute atomic E-state index is 0.00892. The van der Waals surface area contributed by atoms with E-state index in [1.807, 2.05) is 19.1 Å². The molecule has 0 saturated heterocycles. The van der Waals surface area contributed by atoms with Crippen molar-refractivity contribution in [3.63, 3.8) is 0 Å². The van der Waals surface area contributed by atoms with Gasteiger partial charge in [-0.2, -0.15) is 0 Å². The van der Waals surface area contributed by atoms with Gasteiger partial charge in [-0.3, -0.25) is 9.36 Å². The zero-order valence-electron chi connectivity index (χ0n) is 10.2. The molecule has 6 heteroatoms. The smallest absolute Gasteiger partial charge is 0.303 e. The van der Waals surface area contributed by atoms with E-state index in [0.29, 0.717) is 0 Å². The summed E-state index contributed by atoms with van der Waals surface area (Å²) in [4.78, 5) is 20.3. The number of nitrogens with two attached hydrogens (primary N) is 1. The lowest BCUT2D eigenvalue weighted by Crippen LogP contribution is -2.22. The van der Waals surface area contributed by atoms with Crippen LogP contribution in [0.4, 0.5) is 0 Å². The molecule has 0 radical (unpaired) electrons. The molecule has 0 fully saturated rings. The Balaban J connectivity index is 2.72. The van der Waals surface area contributed by atoms with Crippen molar-refractivity contribution in [2.45, 2.75) is 31.7 Å². The summed E-state index contributed by atoms with van der Waals surface area (Å²) in [5.41, 5.74) is 7.32. The molecule has 5 nitrogen and oxygen atoms in total. The van der Waals surface area contributed by atoms with Crippen molar-refractivity contribution in [3.8, 4) is 0 Å². The zero-order chi connectivity index (χ0) is 13.8. The summed E-state index contributed by atoms with van der Waals surface area (Å²) in [7, 11) is -3.57. The van der Waals surface area contributed by atoms with Crippen LogP contribution in [0.2, 0.25) is 0 Å². The van der Waals surface area contributed by atoms with Gasteiger partial charge in [-0.05, 0) is 24.5 Å². The molecular formula is C12H18NO4P. The van der Waals surface area contributed by atoms with Gasteiger partial charge in [0, 0.05) is 6.42 Å². The summed E-state index contributed by atoms with van der Waals surface area (Å²) in [6, 6.07) is 7.29. The molecular weight excluding hydrogens is 253 g/mol. The van der Waals surface area contributed by atoms with Crippen molar-refractivity contribution in [2.75, 3.05) is 0 Å². The predicted molar refractivity (Wildman–Crippen MR) is 69.6 cm³/mol. The third-order valence-electron chi connectivity index (χ3n) is 2.83. The average molecular weight is 271 g/mol. The maximum Gasteiger partial charge on any atom is 0.303 e. The SMILES string of the molecule is Cc1ccccc1CP(=O)(O)C(N)CCC(=O)O. The Morgan fingerprint density at radius 2 is 2.06 bits per heavy atom. The van der Waals surface area contributed by atoms with Crippen LogP contribution in [-0.2, 0) is 15.5 Å². The van der Waals surface area contributed by atoms with Crippen LogP contribution in [0.1, 0.15) is 24.0 Å². The second kappa shape index (κ2) is 6.14. The van der Waals surface area contributed by atoms with Gasteiger partial charge in [0.2, 0.25) is 7.37 Å². The molecule has 100 valence electrons. The maximum atomic E-state index is 12.1. The van der Waals surface area contributed by atoms with Crippen molar-refractivity contribution in [1.29, 1.82) is 0 Å². The number of carboxylic acids is 1. The summed E-state index contributed by atoms with van der Waals surface area (Å²) in [5, 5.41) is 8.54. The normalized spacial score (nSPS) is 15.9. The van der Waals surface area contributed by atoms with E-state index in [0.717, 1.165) is 11.1 Å². The van der Waals surface area contributed by atoms with Gasteiger partial charge in [0.1, 0.15) is 0 Å². The van der Waals surface area contributed by atoms with Crippen LogP contribution < -0.4 is 5.73 Å². The molecule has 0 bridgehead atoms. The molecule has 0 amide bonds. The third-order valence-corrected chi connectivity index (χ3v) is 4.92. The summed E-state index contributed by atoms with van der Waals surface area (Å²) >= 11 is 0. The van der Waals surface area contributed by atoms with Gasteiger partial charge < -0.3 is 15.7 Å². The lowest BCUT2D eigenvalue weighted by Gasteiger charge is -2.19. The molecule has 1 rings (SSSR count). The lowest BCUT2D eigenvalue weighted by atomic mass is 10.1. The van der Waals surface area contributed by atoms with E-state index in [2.05, 4.69) is 0 Å². The summed E-state index contributed by atoms with van der Waals surface area (Å²) in [6.07, 6.45) is -0.199. The average Bonchev–Trinajstić information content (AvgIpc) is 2.28. The Morgan fingerprint density at radius 1 is 1.44 bits per heavy atom. The number of hydrogen-bond acceptors (Lipinski definition) is 3. The molecule has 0 aliphatic rings. The van der Waals surface area contributed by atoms with Crippen LogP contribution >= 0.6 is 7.37 Å². The number of benzene rings is 1. The first kappa shape index (κ1) is 14.9. The molecule has 1 aromatic carbocycles. The lowest BCUT2D eigenvalue weighted by molar-refractivity contribution is -0.137. The Bertz CT molecular complexity index is 475. The van der Waals surface area contributed by atoms with Gasteiger partial charge in [-0.15, -0.1) is 0 Å². The van der Waals surface area contributed by atoms with Gasteiger partial charge in [0.25, 0.3) is 0 Å². The van der Waals surface area contributed by atoms with E-state index in [1.54, 1.807) is 12.1 Å². The minimum atomic E-state index is -3.57. The van der Waals surface area contributed by atoms with Crippen LogP contribution in [0.3, 0.4) is 0 Å². The first-order valence-electron chi connectivity index (χ1n) is 5.66. The summed E-state index contributed by atoms with van der Waals surface area (Å²) < 4.78 is 12.1. The van der Waals surface area contributed by atoms with Crippen molar-refractivity contribution in [3.05, 3.63) is 35.4 Å². The van der Waals surface area contributed by atoms with E-state index in [1.165, 1.54) is 0 Å². The van der Waals surface area contributed by atoms with Crippen molar-refractivity contribution in [2.24, 2.45) is 5.73 Å². The Labute approximate surface area is 106 Å². The number of carbonyl (C=O) groups is 1. The molecule has 2 unspecified atom stereocenters. The molecule has 0 heterocycles. The first-order chi connectivity index (χ1) is 8.33. The molecule has 0 aromatic heterocycles. The molecule has 0 spiro atoms. The fourth-order valence-electron chi connectivity index (χ4n) is 1.62. The Morgan fingerprint density at radius 3 is 2.61 bits per heavy atom. The second-order valence-electron chi connectivity index (χ2n) is 4.34. The minimum Gasteiger partial charge on any atom is -0.481 e. The number of rotatable bonds is 6. The summed E-state index contributed by atoms with van der Waals surface area (Å²) in [6.45, 7) is 1.86. The molecule has 18 heavy (non-hydrogen) atoms. The van der Waals surface area contributed by atoms with Gasteiger partial charge in [-0.25, -0.2) is 0 Å². The largest absolute Gasteiger partial charge is 0.481 e. The number of carboxylic acid groups (broad SMARTS) is 1. The molecule has 1 aromatic rings. The van der Waals surface area contributed by atoms with Crippen LogP contribution in [0, 0.1) is 6.92 Å². The van der Waals surface area contributed by atoms with Gasteiger partial charge >= 0.3 is 5.97 Å². The molecule has 0 saturated carbocycles. The monoisotopic (exact) mass is 271 g/mol. The van der Waals surface area contributed by atoms with Crippen LogP contribution in [0.15, 0.2) is 24.3 Å². The zero-order valence-corrected chi connectivity index (χ0v) is 11.1. The van der Waals surface area contributed by atoms with E-state index in [9.17, 15) is 14.3 Å². The first-order valence-corrected chi connectivity index (χ1v) is 7.57. The Hall–Kier alpha value is -1.16. The highest BCUT2D eigenvalue weighted by atomic mass is 31.2. The van der Waals surface area contributed by atoms with Crippen LogP contribution in [-0.4, -0.2) is 21.8 Å². The van der Waals surface area contributed by atoms with E-state index < -0.39 is 19.1 Å². The number of aryl methyl sites for hydroxylation is 1. The number of aliphatic carboxylic acids is 1. The maximum absolute atomic E-state index is 12.1. The molecule has 0 aliphatic heterocycles. The third kappa shape index (κ3) is 4.26. The standard InChI is InChI=1S/C12H18NO4P/c1-9-4-2-3-5-10(9)8-18(16,17)11(13)6-7-12(14)15/h2-5,11H,6-8,13H2,1H3,(H,14,15)(H,16,17). The second-order valence-corrected chi connectivity index (χ2v) is 6.83. The fraction of sp³-hybridized carbons (Fsp3) is 0.417. The van der Waals surface area contributed by atoms with Crippen molar-refractivity contribution >= 4 is 13.3 Å². The van der Waals surface area contributed by atoms with Crippen LogP contribution in [0.25, 0.3) is 0 Å². The predicted octanol–water partition coefficient (Wildman–Crippen LogP) is 1.92. The topological polar surface area (TPSA) is 101 Å². The van der Waals surface area contributed by atoms with Crippen molar-refractivity contribution in [1.82, 2.24) is 0 Å². The highest BCUT2D eigenvalue weighted by molar-refractivity contribution is 7.57. The van der Waals surface area contributed by atoms with E-state index >= 15 is 0 Å².